The minimum atomic E-state index is -0.00111. The molecule has 4 heteroatoms. The Balaban J connectivity index is 2.29. The molecule has 2 rings (SSSR count). The second kappa shape index (κ2) is 5.74. The number of nitrogen functional groups attached to an aromatic ring is 1. The maximum Gasteiger partial charge on any atom is 0.168 e. The first-order valence-electron chi connectivity index (χ1n) is 6.40. The molecule has 2 aromatic rings. The Morgan fingerprint density at radius 1 is 1.35 bits per heavy atom. The Kier molecular flexibility index (Phi) is 4.03. The molecule has 20 heavy (non-hydrogen) atoms. The van der Waals surface area contributed by atoms with Gasteiger partial charge in [-0.2, -0.15) is 0 Å². The van der Waals surface area contributed by atoms with Crippen LogP contribution in [-0.2, 0) is 6.42 Å². The fraction of sp³-hybridized carbons (Fsp3) is 0.250. The van der Waals surface area contributed by atoms with E-state index in [1.54, 1.807) is 37.6 Å². The molecule has 0 saturated carbocycles. The van der Waals surface area contributed by atoms with Gasteiger partial charge in [0, 0.05) is 28.6 Å². The van der Waals surface area contributed by atoms with Crippen LogP contribution in [0.3, 0.4) is 0 Å². The monoisotopic (exact) mass is 270 g/mol. The van der Waals surface area contributed by atoms with Crippen molar-refractivity contribution in [3.63, 3.8) is 0 Å². The summed E-state index contributed by atoms with van der Waals surface area (Å²) in [6.45, 7) is 3.85. The third-order valence-corrected chi connectivity index (χ3v) is 3.29. The van der Waals surface area contributed by atoms with Gasteiger partial charge in [0.2, 0.25) is 0 Å². The van der Waals surface area contributed by atoms with Crippen LogP contribution in [0.4, 0.5) is 5.69 Å². The summed E-state index contributed by atoms with van der Waals surface area (Å²) in [5, 5.41) is 0. The van der Waals surface area contributed by atoms with Gasteiger partial charge in [-0.25, -0.2) is 0 Å². The summed E-state index contributed by atoms with van der Waals surface area (Å²) in [6.07, 6.45) is 1.97. The molecule has 104 valence electrons. The molecule has 0 amide bonds. The minimum absolute atomic E-state index is 0.00111. The van der Waals surface area contributed by atoms with E-state index in [9.17, 15) is 4.79 Å². The lowest BCUT2D eigenvalue weighted by Gasteiger charge is -2.11. The number of hydrogen-bond acceptors (Lipinski definition) is 4. The lowest BCUT2D eigenvalue weighted by atomic mass is 10.0. The van der Waals surface area contributed by atoms with E-state index < -0.39 is 0 Å². The molecular formula is C16H18N2O2. The molecular weight excluding hydrogens is 252 g/mol. The smallest absolute Gasteiger partial charge is 0.168 e. The van der Waals surface area contributed by atoms with Crippen LogP contribution in [0.25, 0.3) is 0 Å². The van der Waals surface area contributed by atoms with Gasteiger partial charge in [0.15, 0.2) is 5.78 Å². The van der Waals surface area contributed by atoms with E-state index in [1.165, 1.54) is 0 Å². The summed E-state index contributed by atoms with van der Waals surface area (Å²) in [6, 6.07) is 6.98. The van der Waals surface area contributed by atoms with Crippen LogP contribution in [0, 0.1) is 13.8 Å². The summed E-state index contributed by atoms with van der Waals surface area (Å²) in [5.41, 5.74) is 9.49. The number of aryl methyl sites for hydroxylation is 1. The molecule has 1 aromatic carbocycles. The van der Waals surface area contributed by atoms with Crippen LogP contribution in [0.5, 0.6) is 5.75 Å². The molecule has 4 nitrogen and oxygen atoms in total. The molecule has 0 saturated heterocycles. The van der Waals surface area contributed by atoms with E-state index in [1.807, 2.05) is 13.8 Å². The predicted octanol–water partition coefficient (Wildman–Crippen LogP) is 2.71. The number of nitrogens with zero attached hydrogens (tertiary/aromatic N) is 1. The fourth-order valence-electron chi connectivity index (χ4n) is 2.22. The van der Waals surface area contributed by atoms with Crippen LogP contribution in [0.1, 0.15) is 27.2 Å². The summed E-state index contributed by atoms with van der Waals surface area (Å²) in [5.74, 6) is 0.786. The fourth-order valence-corrected chi connectivity index (χ4v) is 2.22. The highest BCUT2D eigenvalue weighted by Crippen LogP contribution is 2.24. The van der Waals surface area contributed by atoms with Gasteiger partial charge < -0.3 is 10.5 Å². The second-order valence-electron chi connectivity index (χ2n) is 4.77. The number of aromatic nitrogens is 1. The molecule has 1 aromatic heterocycles. The number of anilines is 1. The Morgan fingerprint density at radius 3 is 2.75 bits per heavy atom. The van der Waals surface area contributed by atoms with E-state index >= 15 is 0 Å². The molecule has 0 unspecified atom stereocenters. The van der Waals surface area contributed by atoms with Crippen LogP contribution in [0.2, 0.25) is 0 Å². The number of hydrogen-bond donors (Lipinski definition) is 1. The van der Waals surface area contributed by atoms with Gasteiger partial charge in [0.1, 0.15) is 5.75 Å². The first-order chi connectivity index (χ1) is 9.52. The summed E-state index contributed by atoms with van der Waals surface area (Å²) < 4.78 is 5.35. The molecule has 2 N–H and O–H groups in total. The number of pyridine rings is 1. The van der Waals surface area contributed by atoms with Crippen molar-refractivity contribution in [2.45, 2.75) is 20.3 Å². The zero-order valence-electron chi connectivity index (χ0n) is 11.9. The Labute approximate surface area is 118 Å². The summed E-state index contributed by atoms with van der Waals surface area (Å²) >= 11 is 0. The topological polar surface area (TPSA) is 65.2 Å². The van der Waals surface area contributed by atoms with Crippen molar-refractivity contribution in [3.8, 4) is 5.75 Å². The second-order valence-corrected chi connectivity index (χ2v) is 4.77. The van der Waals surface area contributed by atoms with Crippen LogP contribution < -0.4 is 10.5 Å². The average molecular weight is 270 g/mol. The van der Waals surface area contributed by atoms with E-state index in [0.29, 0.717) is 11.3 Å². The number of carbonyl (C=O) groups is 1. The number of methoxy groups -OCH3 is 1. The molecule has 0 atom stereocenters. The van der Waals surface area contributed by atoms with Gasteiger partial charge in [-0.1, -0.05) is 12.1 Å². The van der Waals surface area contributed by atoms with E-state index in [4.69, 9.17) is 10.5 Å². The zero-order valence-corrected chi connectivity index (χ0v) is 11.9. The number of ether oxygens (including phenoxy) is 1. The Bertz CT molecular complexity index is 651. The van der Waals surface area contributed by atoms with Gasteiger partial charge in [-0.3, -0.25) is 9.78 Å². The van der Waals surface area contributed by atoms with Crippen LogP contribution in [0.15, 0.2) is 30.5 Å². The third-order valence-electron chi connectivity index (χ3n) is 3.29. The quantitative estimate of drug-likeness (QED) is 0.685. The highest BCUT2D eigenvalue weighted by molar-refractivity contribution is 5.98. The molecule has 0 radical (unpaired) electrons. The molecule has 0 spiro atoms. The first-order valence-corrected chi connectivity index (χ1v) is 6.40. The number of Topliss-reactive ketones (excluding diaryl/α,β-unsaturated/α-hetero) is 1. The van der Waals surface area contributed by atoms with Crippen molar-refractivity contribution in [2.24, 2.45) is 0 Å². The number of benzene rings is 1. The van der Waals surface area contributed by atoms with E-state index in [2.05, 4.69) is 4.98 Å². The number of ketones is 1. The summed E-state index contributed by atoms with van der Waals surface area (Å²) in [4.78, 5) is 16.6. The van der Waals surface area contributed by atoms with E-state index in [0.717, 1.165) is 22.6 Å². The Morgan fingerprint density at radius 2 is 2.10 bits per heavy atom. The van der Waals surface area contributed by atoms with Crippen LogP contribution >= 0.6 is 0 Å². The average Bonchev–Trinajstić information content (AvgIpc) is 2.42. The van der Waals surface area contributed by atoms with Crippen molar-refractivity contribution in [1.29, 1.82) is 0 Å². The first kappa shape index (κ1) is 14.1. The van der Waals surface area contributed by atoms with E-state index in [-0.39, 0.29) is 12.2 Å². The number of rotatable bonds is 4. The van der Waals surface area contributed by atoms with Crippen LogP contribution in [-0.4, -0.2) is 17.9 Å². The van der Waals surface area contributed by atoms with Gasteiger partial charge in [-0.05, 0) is 26.0 Å². The number of carbonyl (C=O) groups excluding carboxylic acids is 1. The third kappa shape index (κ3) is 2.79. The zero-order chi connectivity index (χ0) is 14.7. The number of nitrogens with two attached hydrogens (primary N) is 1. The highest BCUT2D eigenvalue weighted by Gasteiger charge is 2.14. The normalized spacial score (nSPS) is 10.3. The lowest BCUT2D eigenvalue weighted by molar-refractivity contribution is 0.0991. The molecule has 0 aliphatic heterocycles. The van der Waals surface area contributed by atoms with Crippen molar-refractivity contribution in [3.05, 3.63) is 52.8 Å². The predicted molar refractivity (Wildman–Crippen MR) is 79.2 cm³/mol. The maximum atomic E-state index is 12.3. The Hall–Kier alpha value is -2.36. The standard InChI is InChI=1S/C16H18N2O2/c1-10-9-18-14(11(2)16(10)20-3)8-15(19)12-5-4-6-13(17)7-12/h4-7,9H,8,17H2,1-3H3. The summed E-state index contributed by atoms with van der Waals surface area (Å²) in [7, 11) is 1.62. The molecule has 0 bridgehead atoms. The van der Waals surface area contributed by atoms with Crippen molar-refractivity contribution in [2.75, 3.05) is 12.8 Å². The lowest BCUT2D eigenvalue weighted by Crippen LogP contribution is -2.08. The molecule has 1 heterocycles. The van der Waals surface area contributed by atoms with Gasteiger partial charge in [0.25, 0.3) is 0 Å². The maximum absolute atomic E-state index is 12.3. The molecule has 0 fully saturated rings. The largest absolute Gasteiger partial charge is 0.496 e. The van der Waals surface area contributed by atoms with Gasteiger partial charge in [-0.15, -0.1) is 0 Å². The van der Waals surface area contributed by atoms with Crippen molar-refractivity contribution in [1.82, 2.24) is 4.98 Å². The highest BCUT2D eigenvalue weighted by atomic mass is 16.5. The molecule has 0 aliphatic rings. The molecule has 0 aliphatic carbocycles. The minimum Gasteiger partial charge on any atom is -0.496 e. The van der Waals surface area contributed by atoms with Gasteiger partial charge >= 0.3 is 0 Å². The van der Waals surface area contributed by atoms with Crippen molar-refractivity contribution >= 4 is 11.5 Å². The SMILES string of the molecule is COc1c(C)cnc(CC(=O)c2cccc(N)c2)c1C. The van der Waals surface area contributed by atoms with Gasteiger partial charge in [0.05, 0.1) is 19.2 Å². The van der Waals surface area contributed by atoms with Crippen molar-refractivity contribution < 1.29 is 9.53 Å².